The molecule has 2 aromatic rings. The number of rotatable bonds is 4. The molecule has 0 saturated carbocycles. The van der Waals surface area contributed by atoms with Crippen LogP contribution in [0.1, 0.15) is 39.1 Å². The van der Waals surface area contributed by atoms with Crippen LogP contribution in [-0.4, -0.2) is 59.6 Å². The smallest absolute Gasteiger partial charge is 0.312 e. The van der Waals surface area contributed by atoms with Gasteiger partial charge in [0, 0.05) is 6.42 Å². The lowest BCUT2D eigenvalue weighted by Gasteiger charge is -2.23. The molecule has 0 aliphatic carbocycles. The van der Waals surface area contributed by atoms with Crippen LogP contribution in [-0.2, 0) is 20.7 Å². The van der Waals surface area contributed by atoms with Crippen LogP contribution in [0, 0.1) is 18.4 Å². The Balaban J connectivity index is 1.95. The van der Waals surface area contributed by atoms with Crippen molar-refractivity contribution in [3.05, 3.63) is 18.1 Å². The zero-order chi connectivity index (χ0) is 20.7. The van der Waals surface area contributed by atoms with Gasteiger partial charge < -0.3 is 19.7 Å². The van der Waals surface area contributed by atoms with Gasteiger partial charge in [-0.25, -0.2) is 9.97 Å². The Bertz CT molecular complexity index is 948. The van der Waals surface area contributed by atoms with E-state index in [1.54, 1.807) is 20.8 Å². The van der Waals surface area contributed by atoms with Crippen LogP contribution < -0.4 is 0 Å². The maximum atomic E-state index is 14.0. The van der Waals surface area contributed by atoms with Gasteiger partial charge in [0.05, 0.1) is 25.0 Å². The molecular formula is C18H21FN4O5. The largest absolute Gasteiger partial charge is 0.460 e. The van der Waals surface area contributed by atoms with Gasteiger partial charge in [0.1, 0.15) is 23.4 Å². The van der Waals surface area contributed by atoms with E-state index in [-0.39, 0.29) is 29.7 Å². The van der Waals surface area contributed by atoms with E-state index in [1.165, 1.54) is 10.9 Å². The Morgan fingerprint density at radius 2 is 2.25 bits per heavy atom. The highest BCUT2D eigenvalue weighted by atomic mass is 19.1. The quantitative estimate of drug-likeness (QED) is 0.438. The van der Waals surface area contributed by atoms with Gasteiger partial charge in [-0.1, -0.05) is 5.92 Å². The van der Waals surface area contributed by atoms with E-state index in [2.05, 4.69) is 20.9 Å². The lowest BCUT2D eigenvalue weighted by Crippen LogP contribution is -2.41. The molecule has 0 amide bonds. The van der Waals surface area contributed by atoms with Gasteiger partial charge >= 0.3 is 12.0 Å². The van der Waals surface area contributed by atoms with E-state index in [1.807, 2.05) is 0 Å². The number of carbonyl (C=O) groups is 1. The highest BCUT2D eigenvalue weighted by molar-refractivity contribution is 5.80. The SMILES string of the molecule is C#C[C@]1(CO)O[C@@H](n2cnc3c(CC(=O)OC(C)(C)C)nc(F)nc32)C[C@@H]1O. The first-order valence-electron chi connectivity index (χ1n) is 8.64. The molecular weight excluding hydrogens is 371 g/mol. The Morgan fingerprint density at radius 1 is 1.54 bits per heavy atom. The maximum absolute atomic E-state index is 14.0. The van der Waals surface area contributed by atoms with E-state index in [4.69, 9.17) is 15.9 Å². The first-order valence-corrected chi connectivity index (χ1v) is 8.64. The van der Waals surface area contributed by atoms with Crippen molar-refractivity contribution in [1.82, 2.24) is 19.5 Å². The monoisotopic (exact) mass is 392 g/mol. The van der Waals surface area contributed by atoms with E-state index in [0.717, 1.165) is 0 Å². The van der Waals surface area contributed by atoms with E-state index in [9.17, 15) is 19.4 Å². The first-order chi connectivity index (χ1) is 13.1. The number of nitrogens with zero attached hydrogens (tertiary/aromatic N) is 4. The number of fused-ring (bicyclic) bond motifs is 1. The number of esters is 1. The molecule has 1 saturated heterocycles. The summed E-state index contributed by atoms with van der Waals surface area (Å²) in [5.41, 5.74) is -1.91. The molecule has 10 heteroatoms. The molecule has 0 unspecified atom stereocenters. The van der Waals surface area contributed by atoms with E-state index in [0.29, 0.717) is 0 Å². The number of aliphatic hydroxyl groups excluding tert-OH is 2. The van der Waals surface area contributed by atoms with E-state index < -0.39 is 42.2 Å². The fourth-order valence-electron chi connectivity index (χ4n) is 3.03. The lowest BCUT2D eigenvalue weighted by molar-refractivity contribution is -0.153. The van der Waals surface area contributed by atoms with Crippen molar-refractivity contribution in [2.45, 2.75) is 57.1 Å². The zero-order valence-corrected chi connectivity index (χ0v) is 15.7. The number of imidazole rings is 1. The third-order valence-corrected chi connectivity index (χ3v) is 4.30. The van der Waals surface area contributed by atoms with Crippen LogP contribution in [0.15, 0.2) is 6.33 Å². The van der Waals surface area contributed by atoms with Crippen LogP contribution >= 0.6 is 0 Å². The van der Waals surface area contributed by atoms with Gasteiger partial charge in [-0.15, -0.1) is 6.42 Å². The molecule has 2 aromatic heterocycles. The Morgan fingerprint density at radius 3 is 2.82 bits per heavy atom. The standard InChI is InChI=1S/C18H21FN4O5/c1-5-18(8-24)11(25)7-12(27-18)23-9-20-14-10(21-16(19)22-15(14)23)6-13(26)28-17(2,3)4/h1,9,11-12,24-25H,6-8H2,2-4H3/t11-,12+,18+/m0/s1. The third-order valence-electron chi connectivity index (χ3n) is 4.30. The topological polar surface area (TPSA) is 120 Å². The molecule has 0 radical (unpaired) electrons. The molecule has 2 N–H and O–H groups in total. The normalized spacial score (nSPS) is 25.0. The van der Waals surface area contributed by atoms with E-state index >= 15 is 0 Å². The van der Waals surface area contributed by atoms with Crippen LogP contribution in [0.3, 0.4) is 0 Å². The van der Waals surface area contributed by atoms with Gasteiger partial charge in [-0.05, 0) is 20.8 Å². The molecule has 1 aliphatic heterocycles. The summed E-state index contributed by atoms with van der Waals surface area (Å²) < 4.78 is 26.3. The zero-order valence-electron chi connectivity index (χ0n) is 15.7. The molecule has 3 heterocycles. The van der Waals surface area contributed by atoms with Crippen molar-refractivity contribution >= 4 is 17.1 Å². The molecule has 28 heavy (non-hydrogen) atoms. The number of carbonyl (C=O) groups excluding carboxylic acids is 1. The van der Waals surface area contributed by atoms with Crippen molar-refractivity contribution < 1.29 is 28.9 Å². The minimum Gasteiger partial charge on any atom is -0.460 e. The highest BCUT2D eigenvalue weighted by Gasteiger charge is 2.47. The third kappa shape index (κ3) is 3.69. The summed E-state index contributed by atoms with van der Waals surface area (Å²) >= 11 is 0. The number of aliphatic hydroxyl groups is 2. The van der Waals surface area contributed by atoms with Crippen LogP contribution in [0.5, 0.6) is 0 Å². The van der Waals surface area contributed by atoms with Crippen molar-refractivity contribution in [3.8, 4) is 12.3 Å². The van der Waals surface area contributed by atoms with Crippen molar-refractivity contribution in [1.29, 1.82) is 0 Å². The molecule has 3 atom stereocenters. The highest BCUT2D eigenvalue weighted by Crippen LogP contribution is 2.37. The maximum Gasteiger partial charge on any atom is 0.312 e. The summed E-state index contributed by atoms with van der Waals surface area (Å²) in [4.78, 5) is 23.7. The number of aromatic nitrogens is 4. The lowest BCUT2D eigenvalue weighted by atomic mass is 9.99. The number of halogens is 1. The summed E-state index contributed by atoms with van der Waals surface area (Å²) in [5, 5.41) is 19.7. The molecule has 0 bridgehead atoms. The minimum absolute atomic E-state index is 0.0449. The molecule has 1 fully saturated rings. The second-order valence-electron chi connectivity index (χ2n) is 7.54. The summed E-state index contributed by atoms with van der Waals surface area (Å²) in [5.74, 6) is 1.68. The predicted octanol–water partition coefficient (Wildman–Crippen LogP) is 0.494. The summed E-state index contributed by atoms with van der Waals surface area (Å²) in [6.45, 7) is 4.58. The van der Waals surface area contributed by atoms with Gasteiger partial charge in [0.25, 0.3) is 0 Å². The number of hydrogen-bond donors (Lipinski definition) is 2. The van der Waals surface area contributed by atoms with Crippen molar-refractivity contribution in [2.75, 3.05) is 6.61 Å². The van der Waals surface area contributed by atoms with Crippen LogP contribution in [0.25, 0.3) is 11.2 Å². The molecule has 1 aliphatic rings. The number of hydrogen-bond acceptors (Lipinski definition) is 8. The minimum atomic E-state index is -1.56. The van der Waals surface area contributed by atoms with Crippen molar-refractivity contribution in [2.24, 2.45) is 0 Å². The fraction of sp³-hybridized carbons (Fsp3) is 0.556. The second kappa shape index (κ2) is 7.09. The summed E-state index contributed by atoms with van der Waals surface area (Å²) in [6.07, 6.45) is 3.48. The summed E-state index contributed by atoms with van der Waals surface area (Å²) in [7, 11) is 0. The fourth-order valence-corrected chi connectivity index (χ4v) is 3.03. The molecule has 0 aromatic carbocycles. The van der Waals surface area contributed by atoms with Crippen LogP contribution in [0.2, 0.25) is 0 Å². The molecule has 0 spiro atoms. The van der Waals surface area contributed by atoms with Gasteiger partial charge in [-0.3, -0.25) is 9.36 Å². The summed E-state index contributed by atoms with van der Waals surface area (Å²) in [6, 6.07) is 0. The molecule has 9 nitrogen and oxygen atoms in total. The average molecular weight is 392 g/mol. The van der Waals surface area contributed by atoms with Gasteiger partial charge in [0.2, 0.25) is 0 Å². The first kappa shape index (κ1) is 20.1. The predicted molar refractivity (Wildman–Crippen MR) is 94.2 cm³/mol. The Hall–Kier alpha value is -2.61. The Labute approximate surface area is 160 Å². The molecule has 150 valence electrons. The Kier molecular flexibility index (Phi) is 5.10. The van der Waals surface area contributed by atoms with Crippen molar-refractivity contribution in [3.63, 3.8) is 0 Å². The second-order valence-corrected chi connectivity index (χ2v) is 7.54. The van der Waals surface area contributed by atoms with Gasteiger partial charge in [0.15, 0.2) is 11.2 Å². The number of terminal acetylenes is 1. The number of ether oxygens (including phenoxy) is 2. The molecule has 3 rings (SSSR count). The van der Waals surface area contributed by atoms with Gasteiger partial charge in [-0.2, -0.15) is 9.37 Å². The van der Waals surface area contributed by atoms with Crippen LogP contribution in [0.4, 0.5) is 4.39 Å². The average Bonchev–Trinajstić information content (AvgIpc) is 3.14.